The van der Waals surface area contributed by atoms with E-state index < -0.39 is 0 Å². The lowest BCUT2D eigenvalue weighted by atomic mass is 9.96. The Labute approximate surface area is 173 Å². The molecule has 0 N–H and O–H groups in total. The first-order valence-electron chi connectivity index (χ1n) is 11.1. The van der Waals surface area contributed by atoms with Gasteiger partial charge in [0.1, 0.15) is 18.0 Å². The molecule has 2 fully saturated rings. The fourth-order valence-corrected chi connectivity index (χ4v) is 4.86. The summed E-state index contributed by atoms with van der Waals surface area (Å²) in [5.41, 5.74) is 3.08. The molecule has 5 rings (SSSR count). The lowest BCUT2D eigenvalue weighted by Crippen LogP contribution is -2.28. The van der Waals surface area contributed by atoms with E-state index >= 15 is 0 Å². The Morgan fingerprint density at radius 1 is 0.966 bits per heavy atom. The number of hydrogen-bond acceptors (Lipinski definition) is 4. The third-order valence-electron chi connectivity index (χ3n) is 6.53. The third kappa shape index (κ3) is 3.78. The van der Waals surface area contributed by atoms with Crippen molar-refractivity contribution in [2.24, 2.45) is 11.1 Å². The Bertz CT molecular complexity index is 858. The maximum absolute atomic E-state index is 6.49. The molecule has 1 saturated heterocycles. The van der Waals surface area contributed by atoms with Crippen molar-refractivity contribution >= 4 is 5.71 Å². The number of likely N-dealkylation sites (tertiary alicyclic amines) is 1. The van der Waals surface area contributed by atoms with Crippen molar-refractivity contribution < 1.29 is 9.57 Å². The van der Waals surface area contributed by atoms with E-state index in [-0.39, 0.29) is 11.5 Å². The van der Waals surface area contributed by atoms with Crippen molar-refractivity contribution in [1.82, 2.24) is 4.90 Å². The first-order chi connectivity index (χ1) is 14.4. The average molecular weight is 391 g/mol. The molecule has 0 aromatic heterocycles. The quantitative estimate of drug-likeness (QED) is 0.515. The van der Waals surface area contributed by atoms with Crippen LogP contribution in [-0.2, 0) is 10.4 Å². The van der Waals surface area contributed by atoms with Gasteiger partial charge in [-0.25, -0.2) is 0 Å². The van der Waals surface area contributed by atoms with Gasteiger partial charge in [0.15, 0.2) is 0 Å². The molecule has 0 radical (unpaired) electrons. The lowest BCUT2D eigenvalue weighted by Gasteiger charge is -2.27. The first-order valence-corrected chi connectivity index (χ1v) is 11.1. The molecular weight excluding hydrogens is 360 g/mol. The van der Waals surface area contributed by atoms with Gasteiger partial charge in [-0.3, -0.25) is 0 Å². The zero-order chi connectivity index (χ0) is 19.5. The average Bonchev–Trinajstić information content (AvgIpc) is 3.54. The van der Waals surface area contributed by atoms with E-state index in [1.807, 2.05) is 12.1 Å². The molecule has 2 aromatic rings. The standard InChI is InChI=1S/C25H30N2O2/c1-2-9-16-27(15-8-1)17-10-18-28-26-24-21-13-6-7-14-23(21)29-25(19-22(24)25)20-11-4-3-5-12-20/h3-7,11-14,22H,1-2,8-10,15-19H2. The van der Waals surface area contributed by atoms with Gasteiger partial charge in [-0.15, -0.1) is 0 Å². The Kier molecular flexibility index (Phi) is 5.28. The first kappa shape index (κ1) is 18.7. The predicted molar refractivity (Wildman–Crippen MR) is 115 cm³/mol. The van der Waals surface area contributed by atoms with E-state index in [1.165, 1.54) is 44.3 Å². The second-order valence-electron chi connectivity index (χ2n) is 8.53. The number of fused-ring (bicyclic) bond motifs is 2. The summed E-state index contributed by atoms with van der Waals surface area (Å²) in [6, 6.07) is 18.8. The van der Waals surface area contributed by atoms with Crippen LogP contribution in [0.1, 0.15) is 49.7 Å². The second kappa shape index (κ2) is 8.19. The minimum atomic E-state index is -0.274. The highest BCUT2D eigenvalue weighted by atomic mass is 16.6. The summed E-state index contributed by atoms with van der Waals surface area (Å²) >= 11 is 0. The highest BCUT2D eigenvalue weighted by molar-refractivity contribution is 6.08. The molecule has 1 aliphatic carbocycles. The van der Waals surface area contributed by atoms with Crippen LogP contribution < -0.4 is 4.74 Å². The van der Waals surface area contributed by atoms with E-state index in [1.54, 1.807) is 0 Å². The summed E-state index contributed by atoms with van der Waals surface area (Å²) in [5, 5.41) is 4.64. The summed E-state index contributed by atoms with van der Waals surface area (Å²) in [4.78, 5) is 8.41. The molecule has 2 aliphatic heterocycles. The molecule has 0 amide bonds. The molecule has 2 aromatic carbocycles. The van der Waals surface area contributed by atoms with E-state index in [0.29, 0.717) is 6.61 Å². The van der Waals surface area contributed by atoms with Gasteiger partial charge in [0.05, 0.1) is 11.6 Å². The van der Waals surface area contributed by atoms with E-state index in [4.69, 9.17) is 9.57 Å². The summed E-state index contributed by atoms with van der Waals surface area (Å²) < 4.78 is 6.49. The van der Waals surface area contributed by atoms with Gasteiger partial charge in [0, 0.05) is 18.5 Å². The number of para-hydroxylation sites is 1. The molecule has 29 heavy (non-hydrogen) atoms. The van der Waals surface area contributed by atoms with Gasteiger partial charge in [-0.05, 0) is 50.0 Å². The third-order valence-corrected chi connectivity index (χ3v) is 6.53. The molecule has 152 valence electrons. The van der Waals surface area contributed by atoms with Crippen molar-refractivity contribution in [1.29, 1.82) is 0 Å². The van der Waals surface area contributed by atoms with Crippen molar-refractivity contribution in [2.75, 3.05) is 26.2 Å². The van der Waals surface area contributed by atoms with Gasteiger partial charge in [0.25, 0.3) is 0 Å². The Morgan fingerprint density at radius 2 is 1.72 bits per heavy atom. The molecule has 0 bridgehead atoms. The number of rotatable bonds is 6. The number of oxime groups is 1. The fraction of sp³-hybridized carbons (Fsp3) is 0.480. The maximum Gasteiger partial charge on any atom is 0.143 e. The highest BCUT2D eigenvalue weighted by Crippen LogP contribution is 2.60. The predicted octanol–water partition coefficient (Wildman–Crippen LogP) is 4.98. The number of hydrogen-bond donors (Lipinski definition) is 0. The van der Waals surface area contributed by atoms with Crippen molar-refractivity contribution in [2.45, 2.75) is 44.1 Å². The number of benzene rings is 2. The largest absolute Gasteiger partial charge is 0.481 e. The van der Waals surface area contributed by atoms with Crippen molar-refractivity contribution in [3.8, 4) is 5.75 Å². The molecule has 2 heterocycles. The van der Waals surface area contributed by atoms with Gasteiger partial charge in [-0.2, -0.15) is 0 Å². The summed E-state index contributed by atoms with van der Waals surface area (Å²) in [7, 11) is 0. The molecule has 4 heteroatoms. The molecule has 0 spiro atoms. The smallest absolute Gasteiger partial charge is 0.143 e. The fourth-order valence-electron chi connectivity index (χ4n) is 4.86. The summed E-state index contributed by atoms with van der Waals surface area (Å²) in [5.74, 6) is 1.18. The van der Waals surface area contributed by atoms with E-state index in [2.05, 4.69) is 52.5 Å². The zero-order valence-corrected chi connectivity index (χ0v) is 17.1. The van der Waals surface area contributed by atoms with Crippen LogP contribution in [-0.4, -0.2) is 36.9 Å². The summed E-state index contributed by atoms with van der Waals surface area (Å²) in [6.07, 6.45) is 7.43. The van der Waals surface area contributed by atoms with Crippen LogP contribution in [0.2, 0.25) is 0 Å². The van der Waals surface area contributed by atoms with Crippen LogP contribution in [0.15, 0.2) is 59.8 Å². The van der Waals surface area contributed by atoms with Gasteiger partial charge in [-0.1, -0.05) is 60.5 Å². The van der Waals surface area contributed by atoms with E-state index in [0.717, 1.165) is 36.4 Å². The van der Waals surface area contributed by atoms with Gasteiger partial charge in [0.2, 0.25) is 0 Å². The molecule has 2 atom stereocenters. The number of ether oxygens (including phenoxy) is 1. The van der Waals surface area contributed by atoms with E-state index in [9.17, 15) is 0 Å². The lowest BCUT2D eigenvalue weighted by molar-refractivity contribution is 0.124. The minimum Gasteiger partial charge on any atom is -0.481 e. The highest BCUT2D eigenvalue weighted by Gasteiger charge is 2.64. The van der Waals surface area contributed by atoms with Crippen LogP contribution >= 0.6 is 0 Å². The van der Waals surface area contributed by atoms with Crippen LogP contribution in [0.3, 0.4) is 0 Å². The van der Waals surface area contributed by atoms with Crippen molar-refractivity contribution in [3.05, 3.63) is 65.7 Å². The van der Waals surface area contributed by atoms with Gasteiger partial charge < -0.3 is 14.5 Å². The van der Waals surface area contributed by atoms with Crippen LogP contribution in [0.25, 0.3) is 0 Å². The van der Waals surface area contributed by atoms with Crippen molar-refractivity contribution in [3.63, 3.8) is 0 Å². The summed E-state index contributed by atoms with van der Waals surface area (Å²) in [6.45, 7) is 4.26. The monoisotopic (exact) mass is 390 g/mol. The molecule has 4 nitrogen and oxygen atoms in total. The SMILES string of the molecule is c1ccc(C23CC2C(=NOCCCN2CCCCCC2)c2ccccc2O3)cc1. The van der Waals surface area contributed by atoms with Crippen LogP contribution in [0, 0.1) is 5.92 Å². The minimum absolute atomic E-state index is 0.269. The Balaban J connectivity index is 1.26. The number of nitrogens with zero attached hydrogens (tertiary/aromatic N) is 2. The molecule has 1 saturated carbocycles. The van der Waals surface area contributed by atoms with Crippen LogP contribution in [0.5, 0.6) is 5.75 Å². The Morgan fingerprint density at radius 3 is 2.55 bits per heavy atom. The normalized spacial score (nSPS) is 27.4. The maximum atomic E-state index is 6.49. The molecular formula is C25H30N2O2. The topological polar surface area (TPSA) is 34.1 Å². The van der Waals surface area contributed by atoms with Gasteiger partial charge >= 0.3 is 0 Å². The molecule has 2 unspecified atom stereocenters. The Hall–Kier alpha value is -2.33. The zero-order valence-electron chi connectivity index (χ0n) is 17.1. The molecule has 3 aliphatic rings. The second-order valence-corrected chi connectivity index (χ2v) is 8.53. The van der Waals surface area contributed by atoms with Crippen LogP contribution in [0.4, 0.5) is 0 Å².